The van der Waals surface area contributed by atoms with Crippen molar-refractivity contribution in [2.75, 3.05) is 12.4 Å². The van der Waals surface area contributed by atoms with E-state index < -0.39 is 5.97 Å². The Hall–Kier alpha value is -3.32. The van der Waals surface area contributed by atoms with E-state index >= 15 is 0 Å². The Morgan fingerprint density at radius 3 is 2.57 bits per heavy atom. The number of hydrogen-bond donors (Lipinski definition) is 1. The van der Waals surface area contributed by atoms with E-state index in [2.05, 4.69) is 16.0 Å². The van der Waals surface area contributed by atoms with Crippen LogP contribution in [0.4, 0.5) is 5.69 Å². The molecular formula is C19H15NO3. The molecule has 0 radical (unpaired) electrons. The van der Waals surface area contributed by atoms with Gasteiger partial charge >= 0.3 is 5.97 Å². The molecule has 0 heterocycles. The lowest BCUT2D eigenvalue weighted by Gasteiger charge is -2.02. The second kappa shape index (κ2) is 7.62. The zero-order valence-electron chi connectivity index (χ0n) is 12.6. The lowest BCUT2D eigenvalue weighted by molar-refractivity contribution is -0.111. The minimum absolute atomic E-state index is 0.267. The van der Waals surface area contributed by atoms with Crippen LogP contribution in [0.1, 0.15) is 21.5 Å². The third-order valence-electron chi connectivity index (χ3n) is 3.06. The zero-order chi connectivity index (χ0) is 16.7. The van der Waals surface area contributed by atoms with Gasteiger partial charge < -0.3 is 10.1 Å². The molecule has 4 heteroatoms. The fourth-order valence-electron chi connectivity index (χ4n) is 1.89. The number of esters is 1. The predicted octanol–water partition coefficient (Wildman–Crippen LogP) is 3.11. The number of amides is 1. The first-order valence-electron chi connectivity index (χ1n) is 6.86. The first-order valence-corrected chi connectivity index (χ1v) is 6.86. The number of ether oxygens (including phenoxy) is 1. The summed E-state index contributed by atoms with van der Waals surface area (Å²) in [5, 5.41) is 2.73. The van der Waals surface area contributed by atoms with Crippen LogP contribution in [0.5, 0.6) is 0 Å². The number of nitrogens with one attached hydrogen (secondary N) is 1. The lowest BCUT2D eigenvalue weighted by atomic mass is 10.1. The Morgan fingerprint density at radius 2 is 1.91 bits per heavy atom. The molecule has 2 aromatic rings. The number of carbonyl (C=O) groups is 2. The molecule has 0 spiro atoms. The first-order chi connectivity index (χ1) is 11.1. The van der Waals surface area contributed by atoms with E-state index in [0.29, 0.717) is 16.8 Å². The third-order valence-corrected chi connectivity index (χ3v) is 3.06. The molecule has 0 aliphatic rings. The number of benzene rings is 2. The van der Waals surface area contributed by atoms with E-state index in [4.69, 9.17) is 6.42 Å². The van der Waals surface area contributed by atoms with Gasteiger partial charge in [-0.2, -0.15) is 0 Å². The van der Waals surface area contributed by atoms with E-state index in [0.717, 1.165) is 5.56 Å². The Morgan fingerprint density at radius 1 is 1.17 bits per heavy atom. The molecule has 0 unspecified atom stereocenters. The van der Waals surface area contributed by atoms with Crippen LogP contribution in [0.3, 0.4) is 0 Å². The van der Waals surface area contributed by atoms with Crippen LogP contribution in [0.2, 0.25) is 0 Å². The monoisotopic (exact) mass is 305 g/mol. The van der Waals surface area contributed by atoms with E-state index in [1.54, 1.807) is 54.6 Å². The molecule has 1 N–H and O–H groups in total. The Bertz CT molecular complexity index is 783. The van der Waals surface area contributed by atoms with Crippen molar-refractivity contribution in [1.82, 2.24) is 0 Å². The predicted molar refractivity (Wildman–Crippen MR) is 89.8 cm³/mol. The van der Waals surface area contributed by atoms with Crippen molar-refractivity contribution in [3.8, 4) is 12.3 Å². The molecule has 0 saturated carbocycles. The van der Waals surface area contributed by atoms with Gasteiger partial charge in [0.1, 0.15) is 0 Å². The minimum atomic E-state index is -0.397. The number of methoxy groups -OCH3 is 1. The zero-order valence-corrected chi connectivity index (χ0v) is 12.6. The van der Waals surface area contributed by atoms with Gasteiger partial charge in [0, 0.05) is 17.3 Å². The molecule has 0 bridgehead atoms. The summed E-state index contributed by atoms with van der Waals surface area (Å²) in [6.45, 7) is 0. The van der Waals surface area contributed by atoms with Crippen molar-refractivity contribution in [2.24, 2.45) is 0 Å². The van der Waals surface area contributed by atoms with Gasteiger partial charge in [0.25, 0.3) is 0 Å². The highest BCUT2D eigenvalue weighted by Gasteiger charge is 2.03. The molecule has 0 aliphatic heterocycles. The average molecular weight is 305 g/mol. The van der Waals surface area contributed by atoms with E-state index in [1.807, 2.05) is 0 Å². The normalized spacial score (nSPS) is 10.1. The molecule has 1 amide bonds. The molecule has 0 aromatic heterocycles. The molecule has 2 rings (SSSR count). The number of anilines is 1. The largest absolute Gasteiger partial charge is 0.465 e. The standard InChI is InChI=1S/C19H15NO3/c1-3-14-5-4-6-17(13-14)20-18(21)12-9-15-7-10-16(11-8-15)19(22)23-2/h1,4-13H,2H3,(H,20,21)/b12-9+. The Labute approximate surface area is 134 Å². The average Bonchev–Trinajstić information content (AvgIpc) is 2.60. The van der Waals surface area contributed by atoms with Crippen LogP contribution >= 0.6 is 0 Å². The molecule has 0 aliphatic carbocycles. The lowest BCUT2D eigenvalue weighted by Crippen LogP contribution is -2.07. The summed E-state index contributed by atoms with van der Waals surface area (Å²) in [6, 6.07) is 13.8. The fourth-order valence-corrected chi connectivity index (χ4v) is 1.89. The van der Waals surface area contributed by atoms with Gasteiger partial charge in [-0.1, -0.05) is 24.1 Å². The topological polar surface area (TPSA) is 55.4 Å². The highest BCUT2D eigenvalue weighted by molar-refractivity contribution is 6.02. The number of hydrogen-bond acceptors (Lipinski definition) is 3. The second-order valence-electron chi connectivity index (χ2n) is 4.66. The summed E-state index contributed by atoms with van der Waals surface area (Å²) in [7, 11) is 1.33. The maximum atomic E-state index is 11.9. The van der Waals surface area contributed by atoms with Gasteiger partial charge in [0.15, 0.2) is 0 Å². The van der Waals surface area contributed by atoms with Crippen molar-refractivity contribution in [3.63, 3.8) is 0 Å². The van der Waals surface area contributed by atoms with Gasteiger partial charge in [-0.15, -0.1) is 6.42 Å². The van der Waals surface area contributed by atoms with E-state index in [1.165, 1.54) is 13.2 Å². The van der Waals surface area contributed by atoms with Crippen molar-refractivity contribution in [1.29, 1.82) is 0 Å². The van der Waals surface area contributed by atoms with E-state index in [-0.39, 0.29) is 5.91 Å². The van der Waals surface area contributed by atoms with Crippen molar-refractivity contribution >= 4 is 23.6 Å². The van der Waals surface area contributed by atoms with Gasteiger partial charge in [-0.05, 0) is 42.0 Å². The van der Waals surface area contributed by atoms with Crippen molar-refractivity contribution < 1.29 is 14.3 Å². The summed E-state index contributed by atoms with van der Waals surface area (Å²) in [5.41, 5.74) is 2.59. The van der Waals surface area contributed by atoms with E-state index in [9.17, 15) is 9.59 Å². The summed E-state index contributed by atoms with van der Waals surface area (Å²) in [5.74, 6) is 1.85. The van der Waals surface area contributed by atoms with Crippen LogP contribution in [0, 0.1) is 12.3 Å². The highest BCUT2D eigenvalue weighted by atomic mass is 16.5. The van der Waals surface area contributed by atoms with Gasteiger partial charge in [0.05, 0.1) is 12.7 Å². The van der Waals surface area contributed by atoms with Gasteiger partial charge in [-0.25, -0.2) is 4.79 Å². The fraction of sp³-hybridized carbons (Fsp3) is 0.0526. The first kappa shape index (κ1) is 16.1. The third kappa shape index (κ3) is 4.58. The minimum Gasteiger partial charge on any atom is -0.465 e. The molecule has 0 atom stereocenters. The molecule has 23 heavy (non-hydrogen) atoms. The maximum absolute atomic E-state index is 11.9. The Kier molecular flexibility index (Phi) is 5.32. The van der Waals surface area contributed by atoms with Crippen LogP contribution in [0.15, 0.2) is 54.6 Å². The molecule has 4 nitrogen and oxygen atoms in total. The molecule has 0 saturated heterocycles. The smallest absolute Gasteiger partial charge is 0.337 e. The van der Waals surface area contributed by atoms with Crippen LogP contribution in [0.25, 0.3) is 6.08 Å². The van der Waals surface area contributed by atoms with Crippen molar-refractivity contribution in [3.05, 3.63) is 71.3 Å². The summed E-state index contributed by atoms with van der Waals surface area (Å²) >= 11 is 0. The quantitative estimate of drug-likeness (QED) is 0.536. The molecule has 2 aromatic carbocycles. The van der Waals surface area contributed by atoms with Gasteiger partial charge in [-0.3, -0.25) is 4.79 Å². The van der Waals surface area contributed by atoms with Crippen LogP contribution in [-0.2, 0) is 9.53 Å². The second-order valence-corrected chi connectivity index (χ2v) is 4.66. The SMILES string of the molecule is C#Cc1cccc(NC(=O)/C=C/c2ccc(C(=O)OC)cc2)c1. The van der Waals surface area contributed by atoms with Gasteiger partial charge in [0.2, 0.25) is 5.91 Å². The van der Waals surface area contributed by atoms with Crippen molar-refractivity contribution in [2.45, 2.75) is 0 Å². The molecular weight excluding hydrogens is 290 g/mol. The number of rotatable bonds is 4. The highest BCUT2D eigenvalue weighted by Crippen LogP contribution is 2.11. The summed E-state index contributed by atoms with van der Waals surface area (Å²) < 4.78 is 4.62. The maximum Gasteiger partial charge on any atom is 0.337 e. The van der Waals surface area contributed by atoms with Crippen LogP contribution < -0.4 is 5.32 Å². The molecule has 114 valence electrons. The number of carbonyl (C=O) groups excluding carboxylic acids is 2. The Balaban J connectivity index is 2.00. The van der Waals surface area contributed by atoms with Crippen LogP contribution in [-0.4, -0.2) is 19.0 Å². The summed E-state index contributed by atoms with van der Waals surface area (Å²) in [6.07, 6.45) is 8.38. The number of terminal acetylenes is 1. The summed E-state index contributed by atoms with van der Waals surface area (Å²) in [4.78, 5) is 23.2. The molecule has 0 fully saturated rings.